The van der Waals surface area contributed by atoms with Crippen LogP contribution in [-0.4, -0.2) is 56.3 Å². The van der Waals surface area contributed by atoms with Gasteiger partial charge in [-0.15, -0.1) is 0 Å². The van der Waals surface area contributed by atoms with E-state index in [1.54, 1.807) is 12.1 Å². The summed E-state index contributed by atoms with van der Waals surface area (Å²) in [7, 11) is 3.64. The van der Waals surface area contributed by atoms with Gasteiger partial charge < -0.3 is 25.0 Å². The third-order valence-corrected chi connectivity index (χ3v) is 5.38. The topological polar surface area (TPSA) is 65.0 Å². The lowest BCUT2D eigenvalue weighted by Gasteiger charge is -2.34. The lowest BCUT2D eigenvalue weighted by Crippen LogP contribution is -2.44. The standard InChI is InChI=1S/C22H29N3O3/c1-15-5-7-18(25-11-9-24(3)10-12-25)14-19(15)22(27)23-16(2)17-6-8-21(28-4)20(26)13-17/h5-8,13-14,16,26H,9-12H2,1-4H3,(H,23,27)/t16-/m1/s1. The van der Waals surface area contributed by atoms with Gasteiger partial charge in [0.2, 0.25) is 0 Å². The predicted octanol–water partition coefficient (Wildman–Crippen LogP) is 2.95. The molecule has 1 fully saturated rings. The summed E-state index contributed by atoms with van der Waals surface area (Å²) < 4.78 is 5.08. The molecule has 6 heteroatoms. The minimum absolute atomic E-state index is 0.0642. The van der Waals surface area contributed by atoms with E-state index in [1.165, 1.54) is 7.11 Å². The largest absolute Gasteiger partial charge is 0.504 e. The number of phenols is 1. The van der Waals surface area contributed by atoms with Gasteiger partial charge in [-0.05, 0) is 56.3 Å². The van der Waals surface area contributed by atoms with Crippen LogP contribution in [0.25, 0.3) is 0 Å². The maximum atomic E-state index is 12.9. The molecule has 1 amide bonds. The second-order valence-corrected chi connectivity index (χ2v) is 7.42. The van der Waals surface area contributed by atoms with E-state index < -0.39 is 0 Å². The molecule has 0 unspecified atom stereocenters. The minimum Gasteiger partial charge on any atom is -0.504 e. The summed E-state index contributed by atoms with van der Waals surface area (Å²) in [6.07, 6.45) is 0. The number of carbonyl (C=O) groups is 1. The Kier molecular flexibility index (Phi) is 6.09. The fraction of sp³-hybridized carbons (Fsp3) is 0.409. The van der Waals surface area contributed by atoms with Gasteiger partial charge in [0, 0.05) is 37.4 Å². The molecule has 150 valence electrons. The van der Waals surface area contributed by atoms with Gasteiger partial charge in [0.25, 0.3) is 5.91 Å². The van der Waals surface area contributed by atoms with E-state index in [1.807, 2.05) is 32.0 Å². The number of likely N-dealkylation sites (N-methyl/N-ethyl adjacent to an activating group) is 1. The molecule has 1 aliphatic heterocycles. The number of rotatable bonds is 5. The molecular formula is C22H29N3O3. The van der Waals surface area contributed by atoms with Crippen LogP contribution in [0.5, 0.6) is 11.5 Å². The number of carbonyl (C=O) groups excluding carboxylic acids is 1. The van der Waals surface area contributed by atoms with Crippen molar-refractivity contribution in [1.82, 2.24) is 10.2 Å². The highest BCUT2D eigenvalue weighted by molar-refractivity contribution is 5.96. The van der Waals surface area contributed by atoms with E-state index in [9.17, 15) is 9.90 Å². The van der Waals surface area contributed by atoms with Gasteiger partial charge in [0.05, 0.1) is 13.2 Å². The number of anilines is 1. The summed E-state index contributed by atoms with van der Waals surface area (Å²) in [5.74, 6) is 0.364. The first-order chi connectivity index (χ1) is 13.4. The van der Waals surface area contributed by atoms with E-state index >= 15 is 0 Å². The minimum atomic E-state index is -0.240. The number of aryl methyl sites for hydroxylation is 1. The van der Waals surface area contributed by atoms with Crippen molar-refractivity contribution in [3.63, 3.8) is 0 Å². The van der Waals surface area contributed by atoms with E-state index in [0.29, 0.717) is 11.3 Å². The maximum absolute atomic E-state index is 12.9. The molecule has 1 aliphatic rings. The average Bonchev–Trinajstić information content (AvgIpc) is 2.68. The summed E-state index contributed by atoms with van der Waals surface area (Å²) in [5, 5.41) is 13.0. The lowest BCUT2D eigenvalue weighted by atomic mass is 10.0. The van der Waals surface area contributed by atoms with Crippen molar-refractivity contribution >= 4 is 11.6 Å². The summed E-state index contributed by atoms with van der Waals surface area (Å²) in [4.78, 5) is 17.5. The highest BCUT2D eigenvalue weighted by Gasteiger charge is 2.19. The van der Waals surface area contributed by atoms with Crippen molar-refractivity contribution in [2.75, 3.05) is 45.2 Å². The van der Waals surface area contributed by atoms with Crippen molar-refractivity contribution < 1.29 is 14.6 Å². The summed E-state index contributed by atoms with van der Waals surface area (Å²) in [6.45, 7) is 7.82. The Morgan fingerprint density at radius 2 is 1.86 bits per heavy atom. The number of phenolic OH excluding ortho intramolecular Hbond substituents is 1. The Morgan fingerprint density at radius 3 is 2.50 bits per heavy atom. The fourth-order valence-electron chi connectivity index (χ4n) is 3.45. The smallest absolute Gasteiger partial charge is 0.252 e. The average molecular weight is 383 g/mol. The van der Waals surface area contributed by atoms with Crippen LogP contribution >= 0.6 is 0 Å². The van der Waals surface area contributed by atoms with Crippen molar-refractivity contribution in [3.05, 3.63) is 53.1 Å². The zero-order valence-corrected chi connectivity index (χ0v) is 17.0. The van der Waals surface area contributed by atoms with Crippen LogP contribution in [-0.2, 0) is 0 Å². The number of nitrogens with one attached hydrogen (secondary N) is 1. The van der Waals surface area contributed by atoms with Crippen LogP contribution < -0.4 is 15.0 Å². The van der Waals surface area contributed by atoms with Crippen LogP contribution in [0.4, 0.5) is 5.69 Å². The van der Waals surface area contributed by atoms with Gasteiger partial charge in [-0.25, -0.2) is 0 Å². The summed E-state index contributed by atoms with van der Waals surface area (Å²) in [6, 6.07) is 11.0. The van der Waals surface area contributed by atoms with E-state index in [2.05, 4.69) is 28.2 Å². The highest BCUT2D eigenvalue weighted by Crippen LogP contribution is 2.29. The number of amides is 1. The first kappa shape index (κ1) is 20.0. The zero-order chi connectivity index (χ0) is 20.3. The molecule has 1 heterocycles. The summed E-state index contributed by atoms with van der Waals surface area (Å²) >= 11 is 0. The van der Waals surface area contributed by atoms with Crippen LogP contribution in [0.1, 0.15) is 34.5 Å². The molecular weight excluding hydrogens is 354 g/mol. The van der Waals surface area contributed by atoms with E-state index in [0.717, 1.165) is 43.0 Å². The van der Waals surface area contributed by atoms with Gasteiger partial charge >= 0.3 is 0 Å². The molecule has 0 aromatic heterocycles. The number of nitrogens with zero attached hydrogens (tertiary/aromatic N) is 2. The molecule has 28 heavy (non-hydrogen) atoms. The predicted molar refractivity (Wildman–Crippen MR) is 111 cm³/mol. The molecule has 0 aliphatic carbocycles. The molecule has 0 spiro atoms. The SMILES string of the molecule is COc1ccc([C@@H](C)NC(=O)c2cc(N3CCN(C)CC3)ccc2C)cc1O. The molecule has 0 saturated carbocycles. The normalized spacial score (nSPS) is 15.9. The number of benzene rings is 2. The quantitative estimate of drug-likeness (QED) is 0.831. The number of aromatic hydroxyl groups is 1. The molecule has 0 bridgehead atoms. The van der Waals surface area contributed by atoms with Crippen molar-refractivity contribution in [2.24, 2.45) is 0 Å². The molecule has 0 radical (unpaired) electrons. The van der Waals surface area contributed by atoms with Gasteiger partial charge in [0.15, 0.2) is 11.5 Å². The maximum Gasteiger partial charge on any atom is 0.252 e. The molecule has 2 aromatic carbocycles. The molecule has 2 N–H and O–H groups in total. The monoisotopic (exact) mass is 383 g/mol. The van der Waals surface area contributed by atoms with Crippen LogP contribution in [0.15, 0.2) is 36.4 Å². The van der Waals surface area contributed by atoms with Crippen molar-refractivity contribution in [3.8, 4) is 11.5 Å². The molecule has 1 saturated heterocycles. The van der Waals surface area contributed by atoms with Crippen molar-refractivity contribution in [1.29, 1.82) is 0 Å². The second-order valence-electron chi connectivity index (χ2n) is 7.42. The lowest BCUT2D eigenvalue weighted by molar-refractivity contribution is 0.0939. The Bertz CT molecular complexity index is 845. The molecule has 1 atom stereocenters. The van der Waals surface area contributed by atoms with Gasteiger partial charge in [-0.1, -0.05) is 12.1 Å². The van der Waals surface area contributed by atoms with Crippen LogP contribution in [0.2, 0.25) is 0 Å². The number of hydrogen-bond acceptors (Lipinski definition) is 5. The summed E-state index contributed by atoms with van der Waals surface area (Å²) in [5.41, 5.74) is 3.53. The number of hydrogen-bond donors (Lipinski definition) is 2. The Hall–Kier alpha value is -2.73. The van der Waals surface area contributed by atoms with Crippen molar-refractivity contribution in [2.45, 2.75) is 19.9 Å². The zero-order valence-electron chi connectivity index (χ0n) is 17.0. The second kappa shape index (κ2) is 8.52. The van der Waals surface area contributed by atoms with E-state index in [-0.39, 0.29) is 17.7 Å². The van der Waals surface area contributed by atoms with E-state index in [4.69, 9.17) is 4.74 Å². The number of ether oxygens (including phenoxy) is 1. The van der Waals surface area contributed by atoms with Crippen LogP contribution in [0.3, 0.4) is 0 Å². The highest BCUT2D eigenvalue weighted by atomic mass is 16.5. The molecule has 3 rings (SSSR count). The van der Waals surface area contributed by atoms with Gasteiger partial charge in [0.1, 0.15) is 0 Å². The Labute approximate surface area is 166 Å². The van der Waals surface area contributed by atoms with Gasteiger partial charge in [-0.2, -0.15) is 0 Å². The molecule has 6 nitrogen and oxygen atoms in total. The number of piperazine rings is 1. The third-order valence-electron chi connectivity index (χ3n) is 5.38. The first-order valence-corrected chi connectivity index (χ1v) is 9.61. The Morgan fingerprint density at radius 1 is 1.14 bits per heavy atom. The molecule has 2 aromatic rings. The Balaban J connectivity index is 1.74. The number of methoxy groups -OCH3 is 1. The fourth-order valence-corrected chi connectivity index (χ4v) is 3.45. The van der Waals surface area contributed by atoms with Gasteiger partial charge in [-0.3, -0.25) is 4.79 Å². The third kappa shape index (κ3) is 4.39. The first-order valence-electron chi connectivity index (χ1n) is 9.61. The van der Waals surface area contributed by atoms with Crippen LogP contribution in [0, 0.1) is 6.92 Å².